The van der Waals surface area contributed by atoms with Gasteiger partial charge in [0, 0.05) is 42.9 Å². The molecule has 144 valence electrons. The zero-order chi connectivity index (χ0) is 20.4. The van der Waals surface area contributed by atoms with E-state index in [0.717, 1.165) is 16.9 Å². The van der Waals surface area contributed by atoms with Gasteiger partial charge in [-0.15, -0.1) is 0 Å². The summed E-state index contributed by atoms with van der Waals surface area (Å²) in [6.07, 6.45) is 0. The van der Waals surface area contributed by atoms with Crippen molar-refractivity contribution in [3.63, 3.8) is 0 Å². The van der Waals surface area contributed by atoms with Gasteiger partial charge < -0.3 is 15.5 Å². The summed E-state index contributed by atoms with van der Waals surface area (Å²) >= 11 is 0. The van der Waals surface area contributed by atoms with Crippen LogP contribution in [0.5, 0.6) is 0 Å². The zero-order valence-corrected chi connectivity index (χ0v) is 16.5. The van der Waals surface area contributed by atoms with Gasteiger partial charge in [-0.05, 0) is 55.0 Å². The van der Waals surface area contributed by atoms with Crippen LogP contribution >= 0.6 is 0 Å². The molecule has 28 heavy (non-hydrogen) atoms. The largest absolute Gasteiger partial charge is 0.378 e. The predicted molar refractivity (Wildman–Crippen MR) is 109 cm³/mol. The third kappa shape index (κ3) is 3.44. The fourth-order valence-corrected chi connectivity index (χ4v) is 3.81. The lowest BCUT2D eigenvalue weighted by atomic mass is 9.82. The number of fused-ring (bicyclic) bond motifs is 1. The highest BCUT2D eigenvalue weighted by Crippen LogP contribution is 2.42. The Kier molecular flexibility index (Phi) is 5.36. The third-order valence-corrected chi connectivity index (χ3v) is 5.48. The molecule has 0 saturated carbocycles. The van der Waals surface area contributed by atoms with Crippen LogP contribution in [0.3, 0.4) is 0 Å². The average Bonchev–Trinajstić information content (AvgIpc) is 2.70. The van der Waals surface area contributed by atoms with Crippen LogP contribution < -0.4 is 15.5 Å². The number of anilines is 2. The highest BCUT2D eigenvalue weighted by Gasteiger charge is 2.38. The second-order valence-electron chi connectivity index (χ2n) is 7.15. The Hall–Kier alpha value is -3.33. The smallest absolute Gasteiger partial charge is 0.251 e. The van der Waals surface area contributed by atoms with Gasteiger partial charge in [0.2, 0.25) is 5.91 Å². The second kappa shape index (κ2) is 7.73. The van der Waals surface area contributed by atoms with Crippen molar-refractivity contribution >= 4 is 23.2 Å². The van der Waals surface area contributed by atoms with E-state index in [2.05, 4.69) is 23.6 Å². The lowest BCUT2D eigenvalue weighted by molar-refractivity contribution is -0.117. The minimum atomic E-state index is -0.166. The van der Waals surface area contributed by atoms with Crippen LogP contribution in [0.15, 0.2) is 42.5 Å². The van der Waals surface area contributed by atoms with Gasteiger partial charge in [0.15, 0.2) is 0 Å². The molecule has 0 aliphatic carbocycles. The monoisotopic (exact) mass is 376 g/mol. The van der Waals surface area contributed by atoms with Crippen molar-refractivity contribution in [1.29, 1.82) is 5.26 Å². The van der Waals surface area contributed by atoms with Crippen molar-refractivity contribution in [2.24, 2.45) is 5.92 Å². The lowest BCUT2D eigenvalue weighted by Gasteiger charge is -2.44. The highest BCUT2D eigenvalue weighted by atomic mass is 16.2. The van der Waals surface area contributed by atoms with E-state index in [1.165, 1.54) is 0 Å². The van der Waals surface area contributed by atoms with E-state index < -0.39 is 0 Å². The van der Waals surface area contributed by atoms with E-state index in [9.17, 15) is 9.59 Å². The van der Waals surface area contributed by atoms with Crippen LogP contribution in [0.2, 0.25) is 0 Å². The van der Waals surface area contributed by atoms with E-state index in [1.54, 1.807) is 37.1 Å². The minimum Gasteiger partial charge on any atom is -0.378 e. The molecule has 1 aliphatic rings. The van der Waals surface area contributed by atoms with Crippen molar-refractivity contribution in [2.45, 2.75) is 32.9 Å². The predicted octanol–water partition coefficient (Wildman–Crippen LogP) is 3.46. The molecule has 0 spiro atoms. The highest BCUT2D eigenvalue weighted by molar-refractivity contribution is 5.97. The van der Waals surface area contributed by atoms with Gasteiger partial charge in [-0.3, -0.25) is 9.59 Å². The van der Waals surface area contributed by atoms with Crippen molar-refractivity contribution in [2.75, 3.05) is 17.3 Å². The SMILES string of the molecule is CNC(=O)c1ccc2c(c1)C(Nc1ccc(C#N)cc1)C(C)C(C)N2C(C)=O. The molecule has 2 aromatic carbocycles. The van der Waals surface area contributed by atoms with Gasteiger partial charge in [-0.25, -0.2) is 0 Å². The van der Waals surface area contributed by atoms with Crippen LogP contribution in [-0.2, 0) is 4.79 Å². The number of nitriles is 1. The summed E-state index contributed by atoms with van der Waals surface area (Å²) in [7, 11) is 1.60. The molecule has 3 atom stereocenters. The molecule has 6 heteroatoms. The molecular formula is C22H24N4O2. The molecule has 0 aromatic heterocycles. The number of nitrogens with one attached hydrogen (secondary N) is 2. The van der Waals surface area contributed by atoms with Crippen molar-refractivity contribution < 1.29 is 9.59 Å². The van der Waals surface area contributed by atoms with Gasteiger partial charge in [0.05, 0.1) is 17.7 Å². The molecule has 3 unspecified atom stereocenters. The van der Waals surface area contributed by atoms with Crippen molar-refractivity contribution in [1.82, 2.24) is 5.32 Å². The Morgan fingerprint density at radius 1 is 1.11 bits per heavy atom. The summed E-state index contributed by atoms with van der Waals surface area (Å²) in [5, 5.41) is 15.2. The Labute approximate surface area is 165 Å². The van der Waals surface area contributed by atoms with Crippen LogP contribution in [0.1, 0.15) is 48.3 Å². The minimum absolute atomic E-state index is 0.00765. The molecule has 0 radical (unpaired) electrons. The van der Waals surface area contributed by atoms with Gasteiger partial charge in [0.1, 0.15) is 0 Å². The summed E-state index contributed by atoms with van der Waals surface area (Å²) < 4.78 is 0. The normalized spacial score (nSPS) is 20.7. The molecule has 6 nitrogen and oxygen atoms in total. The van der Waals surface area contributed by atoms with Crippen molar-refractivity contribution in [3.8, 4) is 6.07 Å². The molecule has 1 aliphatic heterocycles. The van der Waals surface area contributed by atoms with E-state index in [-0.39, 0.29) is 29.8 Å². The topological polar surface area (TPSA) is 85.2 Å². The third-order valence-electron chi connectivity index (χ3n) is 5.48. The first-order chi connectivity index (χ1) is 13.4. The standard InChI is InChI=1S/C22H24N4O2/c1-13-14(2)26(15(3)27)20-10-7-17(22(28)24-4)11-19(20)21(13)25-18-8-5-16(12-23)6-9-18/h5-11,13-14,21,25H,1-4H3,(H,24,28). The number of hydrogen-bond acceptors (Lipinski definition) is 4. The van der Waals surface area contributed by atoms with E-state index in [4.69, 9.17) is 5.26 Å². The lowest BCUT2D eigenvalue weighted by Crippen LogP contribution is -2.48. The summed E-state index contributed by atoms with van der Waals surface area (Å²) in [5.74, 6) is -0.0855. The summed E-state index contributed by atoms with van der Waals surface area (Å²) in [6, 6.07) is 14.7. The maximum atomic E-state index is 12.3. The molecule has 0 bridgehead atoms. The number of carbonyl (C=O) groups excluding carboxylic acids is 2. The number of nitrogens with zero attached hydrogens (tertiary/aromatic N) is 2. The molecule has 2 N–H and O–H groups in total. The molecule has 0 fully saturated rings. The fourth-order valence-electron chi connectivity index (χ4n) is 3.81. The first kappa shape index (κ1) is 19.4. The first-order valence-electron chi connectivity index (χ1n) is 9.30. The quantitative estimate of drug-likeness (QED) is 0.859. The number of hydrogen-bond donors (Lipinski definition) is 2. The summed E-state index contributed by atoms with van der Waals surface area (Å²) in [4.78, 5) is 26.3. The van der Waals surface area contributed by atoms with Crippen LogP contribution in [0, 0.1) is 17.2 Å². The van der Waals surface area contributed by atoms with E-state index in [0.29, 0.717) is 11.1 Å². The van der Waals surface area contributed by atoms with Crippen LogP contribution in [0.4, 0.5) is 11.4 Å². The van der Waals surface area contributed by atoms with Crippen LogP contribution in [0.25, 0.3) is 0 Å². The Balaban J connectivity index is 2.08. The van der Waals surface area contributed by atoms with Gasteiger partial charge in [0.25, 0.3) is 5.91 Å². The summed E-state index contributed by atoms with van der Waals surface area (Å²) in [5.41, 5.74) is 3.76. The maximum absolute atomic E-state index is 12.3. The molecule has 1 heterocycles. The summed E-state index contributed by atoms with van der Waals surface area (Å²) in [6.45, 7) is 5.70. The van der Waals surface area contributed by atoms with Gasteiger partial charge >= 0.3 is 0 Å². The molecule has 2 aromatic rings. The Morgan fingerprint density at radius 3 is 2.36 bits per heavy atom. The maximum Gasteiger partial charge on any atom is 0.251 e. The van der Waals surface area contributed by atoms with Crippen molar-refractivity contribution in [3.05, 3.63) is 59.2 Å². The number of amides is 2. The fraction of sp³-hybridized carbons (Fsp3) is 0.318. The number of benzene rings is 2. The zero-order valence-electron chi connectivity index (χ0n) is 16.5. The van der Waals surface area contributed by atoms with Gasteiger partial charge in [-0.1, -0.05) is 6.92 Å². The second-order valence-corrected chi connectivity index (χ2v) is 7.15. The molecular weight excluding hydrogens is 352 g/mol. The van der Waals surface area contributed by atoms with E-state index in [1.807, 2.05) is 31.2 Å². The van der Waals surface area contributed by atoms with Gasteiger partial charge in [-0.2, -0.15) is 5.26 Å². The molecule has 3 rings (SSSR count). The Morgan fingerprint density at radius 2 is 1.79 bits per heavy atom. The number of rotatable bonds is 3. The Bertz CT molecular complexity index is 946. The first-order valence-corrected chi connectivity index (χ1v) is 9.30. The molecule has 2 amide bonds. The van der Waals surface area contributed by atoms with Crippen LogP contribution in [-0.4, -0.2) is 24.9 Å². The van der Waals surface area contributed by atoms with E-state index >= 15 is 0 Å². The number of carbonyl (C=O) groups is 2. The molecule has 0 saturated heterocycles. The average molecular weight is 376 g/mol.